The summed E-state index contributed by atoms with van der Waals surface area (Å²) in [6.45, 7) is 0.0482. The summed E-state index contributed by atoms with van der Waals surface area (Å²) in [6.07, 6.45) is 3.42. The van der Waals surface area contributed by atoms with Crippen molar-refractivity contribution < 1.29 is 10.2 Å². The second-order valence-corrected chi connectivity index (χ2v) is 2.40. The predicted octanol–water partition coefficient (Wildman–Crippen LogP) is -0.768. The van der Waals surface area contributed by atoms with Gasteiger partial charge in [0.05, 0.1) is 13.2 Å². The smallest absolute Gasteiger partial charge is 0.0621 e. The first-order valence-corrected chi connectivity index (χ1v) is 3.85. The Kier molecular flexibility index (Phi) is 3.51. The lowest BCUT2D eigenvalue weighted by Crippen LogP contribution is -2.24. The summed E-state index contributed by atoms with van der Waals surface area (Å²) in [5.74, 6) is 0. The van der Waals surface area contributed by atoms with Gasteiger partial charge in [0.1, 0.15) is 0 Å². The summed E-state index contributed by atoms with van der Waals surface area (Å²) in [7, 11) is 0. The Labute approximate surface area is 71.1 Å². The Morgan fingerprint density at radius 3 is 1.67 bits per heavy atom. The Hall–Kier alpha value is -1.12. The first kappa shape index (κ1) is 8.97. The lowest BCUT2D eigenvalue weighted by molar-refractivity contribution is 0.353. The molecule has 0 spiro atoms. The highest BCUT2D eigenvalue weighted by Gasteiger charge is 1.81. The zero-order chi connectivity index (χ0) is 8.81. The van der Waals surface area contributed by atoms with Crippen LogP contribution in [0.1, 0.15) is 0 Å². The number of hydrogen-bond acceptors (Lipinski definition) is 2. The molecule has 1 rings (SSSR count). The van der Waals surface area contributed by atoms with Crippen LogP contribution in [0, 0.1) is 0 Å². The Morgan fingerprint density at radius 2 is 1.33 bits per heavy atom. The van der Waals surface area contributed by atoms with Gasteiger partial charge in [0.25, 0.3) is 0 Å². The van der Waals surface area contributed by atoms with E-state index >= 15 is 0 Å². The highest BCUT2D eigenvalue weighted by molar-refractivity contribution is 5.31. The maximum absolute atomic E-state index is 8.68. The van der Waals surface area contributed by atoms with Gasteiger partial charge in [-0.1, -0.05) is 36.4 Å². The minimum Gasteiger partial charge on any atom is -0.392 e. The zero-order valence-electron chi connectivity index (χ0n) is 6.77. The Balaban J connectivity index is 3.28. The minimum atomic E-state index is 0.0241. The van der Waals surface area contributed by atoms with E-state index in [1.54, 1.807) is 12.2 Å². The molecular weight excluding hydrogens is 152 g/mol. The van der Waals surface area contributed by atoms with Gasteiger partial charge in [0.15, 0.2) is 0 Å². The molecule has 0 fully saturated rings. The van der Waals surface area contributed by atoms with Crippen molar-refractivity contribution >= 4 is 12.2 Å². The van der Waals surface area contributed by atoms with Gasteiger partial charge >= 0.3 is 0 Å². The normalized spacial score (nSPS) is 13.8. The van der Waals surface area contributed by atoms with Crippen LogP contribution in [0.15, 0.2) is 24.3 Å². The zero-order valence-corrected chi connectivity index (χ0v) is 6.77. The van der Waals surface area contributed by atoms with Crippen LogP contribution < -0.4 is 10.4 Å². The van der Waals surface area contributed by atoms with Gasteiger partial charge < -0.3 is 10.2 Å². The van der Waals surface area contributed by atoms with E-state index < -0.39 is 0 Å². The van der Waals surface area contributed by atoms with Gasteiger partial charge in [0.2, 0.25) is 0 Å². The van der Waals surface area contributed by atoms with Crippen molar-refractivity contribution in [1.29, 1.82) is 0 Å². The van der Waals surface area contributed by atoms with Gasteiger partial charge in [-0.2, -0.15) is 0 Å². The predicted molar refractivity (Wildman–Crippen MR) is 48.8 cm³/mol. The summed E-state index contributed by atoms with van der Waals surface area (Å²) in [5, 5.41) is 19.3. The molecule has 0 aliphatic heterocycles. The summed E-state index contributed by atoms with van der Waals surface area (Å²) in [5.41, 5.74) is 0. The summed E-state index contributed by atoms with van der Waals surface area (Å²) >= 11 is 0. The van der Waals surface area contributed by atoms with Gasteiger partial charge in [0, 0.05) is 0 Å². The van der Waals surface area contributed by atoms with Crippen LogP contribution in [0.25, 0.3) is 12.2 Å². The van der Waals surface area contributed by atoms with Crippen molar-refractivity contribution in [3.8, 4) is 0 Å². The molecule has 0 saturated heterocycles. The highest BCUT2D eigenvalue weighted by Crippen LogP contribution is 1.72. The molecule has 0 aromatic heterocycles. The van der Waals surface area contributed by atoms with E-state index in [1.165, 1.54) is 0 Å². The van der Waals surface area contributed by atoms with E-state index in [0.29, 0.717) is 0 Å². The van der Waals surface area contributed by atoms with Crippen LogP contribution in [0.3, 0.4) is 0 Å². The van der Waals surface area contributed by atoms with Crippen molar-refractivity contribution in [2.45, 2.75) is 0 Å². The first-order chi connectivity index (χ1) is 5.88. The Morgan fingerprint density at radius 1 is 0.917 bits per heavy atom. The van der Waals surface area contributed by atoms with E-state index in [0.717, 1.165) is 10.4 Å². The maximum Gasteiger partial charge on any atom is 0.0621 e. The number of aliphatic hydroxyl groups is 2. The molecule has 1 aromatic rings. The number of benzene rings is 1. The third kappa shape index (κ3) is 2.19. The third-order valence-corrected chi connectivity index (χ3v) is 1.62. The standard InChI is InChI=1S/C10H12O2/c11-7-5-9-3-1-2-4-10(9)6-8-12/h1-6,11-12H,7-8H2. The minimum absolute atomic E-state index is 0.0241. The van der Waals surface area contributed by atoms with Crippen LogP contribution in [0.5, 0.6) is 0 Å². The van der Waals surface area contributed by atoms with Crippen LogP contribution in [-0.2, 0) is 0 Å². The number of aliphatic hydroxyl groups excluding tert-OH is 2. The van der Waals surface area contributed by atoms with E-state index in [-0.39, 0.29) is 13.2 Å². The van der Waals surface area contributed by atoms with Gasteiger partial charge in [-0.25, -0.2) is 0 Å². The van der Waals surface area contributed by atoms with Crippen molar-refractivity contribution in [3.63, 3.8) is 0 Å². The van der Waals surface area contributed by atoms with E-state index in [1.807, 2.05) is 24.3 Å². The summed E-state index contributed by atoms with van der Waals surface area (Å²) in [4.78, 5) is 0. The van der Waals surface area contributed by atoms with E-state index in [9.17, 15) is 0 Å². The average Bonchev–Trinajstić information content (AvgIpc) is 2.09. The monoisotopic (exact) mass is 164 g/mol. The van der Waals surface area contributed by atoms with E-state index in [2.05, 4.69) is 0 Å². The molecule has 0 atom stereocenters. The van der Waals surface area contributed by atoms with Crippen molar-refractivity contribution in [2.24, 2.45) is 0 Å². The molecule has 12 heavy (non-hydrogen) atoms. The average molecular weight is 164 g/mol. The third-order valence-electron chi connectivity index (χ3n) is 1.62. The molecule has 0 aliphatic carbocycles. The highest BCUT2D eigenvalue weighted by atomic mass is 16.3. The second kappa shape index (κ2) is 4.70. The molecule has 0 unspecified atom stereocenters. The van der Waals surface area contributed by atoms with Gasteiger partial charge in [-0.3, -0.25) is 0 Å². The molecule has 0 amide bonds. The molecule has 0 heterocycles. The van der Waals surface area contributed by atoms with Crippen molar-refractivity contribution in [1.82, 2.24) is 0 Å². The fourth-order valence-corrected chi connectivity index (χ4v) is 1.08. The molecule has 2 heteroatoms. The molecule has 1 aromatic carbocycles. The molecule has 0 radical (unpaired) electrons. The Bertz CT molecular complexity index is 306. The fourth-order valence-electron chi connectivity index (χ4n) is 1.08. The molecule has 2 nitrogen and oxygen atoms in total. The molecule has 0 bridgehead atoms. The SMILES string of the molecule is OCC=c1ccccc1=CCO. The van der Waals surface area contributed by atoms with Crippen LogP contribution in [-0.4, -0.2) is 23.4 Å². The second-order valence-electron chi connectivity index (χ2n) is 2.40. The van der Waals surface area contributed by atoms with Crippen LogP contribution in [0.4, 0.5) is 0 Å². The van der Waals surface area contributed by atoms with Gasteiger partial charge in [-0.05, 0) is 10.4 Å². The van der Waals surface area contributed by atoms with Crippen LogP contribution in [0.2, 0.25) is 0 Å². The molecule has 2 N–H and O–H groups in total. The van der Waals surface area contributed by atoms with Crippen LogP contribution >= 0.6 is 0 Å². The van der Waals surface area contributed by atoms with Gasteiger partial charge in [-0.15, -0.1) is 0 Å². The summed E-state index contributed by atoms with van der Waals surface area (Å²) < 4.78 is 0. The lowest BCUT2D eigenvalue weighted by Gasteiger charge is -1.88. The fraction of sp³-hybridized carbons (Fsp3) is 0.200. The number of hydrogen-bond donors (Lipinski definition) is 2. The topological polar surface area (TPSA) is 40.5 Å². The van der Waals surface area contributed by atoms with Crippen molar-refractivity contribution in [2.75, 3.05) is 13.2 Å². The molecule has 0 saturated carbocycles. The summed E-state index contributed by atoms with van der Waals surface area (Å²) in [6, 6.07) is 7.60. The molecule has 0 aliphatic rings. The first-order valence-electron chi connectivity index (χ1n) is 3.85. The largest absolute Gasteiger partial charge is 0.392 e. The maximum atomic E-state index is 8.68. The molecule has 64 valence electrons. The number of rotatable bonds is 2. The van der Waals surface area contributed by atoms with Crippen molar-refractivity contribution in [3.05, 3.63) is 34.7 Å². The molecular formula is C10H12O2. The quantitative estimate of drug-likeness (QED) is 0.602. The lowest BCUT2D eigenvalue weighted by atomic mass is 10.2. The van der Waals surface area contributed by atoms with E-state index in [4.69, 9.17) is 10.2 Å².